The molecule has 3 aliphatic heterocycles. The number of unbranched alkanes of at least 4 members (excludes halogenated alkanes) is 2. The first-order chi connectivity index (χ1) is 29.7. The van der Waals surface area contributed by atoms with E-state index in [-0.39, 0.29) is 54.1 Å². The minimum Gasteiger partial charge on any atom is -0.364 e. The zero-order chi connectivity index (χ0) is 43.9. The lowest BCUT2D eigenvalue weighted by molar-refractivity contribution is -0.135. The predicted molar refractivity (Wildman–Crippen MR) is 237 cm³/mol. The summed E-state index contributed by atoms with van der Waals surface area (Å²) in [6.07, 6.45) is 35.7. The molecule has 3 saturated heterocycles. The van der Waals surface area contributed by atoms with Gasteiger partial charge in [-0.25, -0.2) is 4.79 Å². The number of allylic oxidation sites excluding steroid dienone is 19. The molecule has 0 aromatic carbocycles. The number of imide groups is 2. The van der Waals surface area contributed by atoms with Crippen LogP contribution in [0, 0.1) is 11.8 Å². The fraction of sp³-hybridized carbons (Fsp3) is 0.383. The number of rotatable bonds is 14. The van der Waals surface area contributed by atoms with Gasteiger partial charge in [-0.2, -0.15) is 16.8 Å². The summed E-state index contributed by atoms with van der Waals surface area (Å²) < 4.78 is 65.0. The van der Waals surface area contributed by atoms with E-state index in [2.05, 4.69) is 58.4 Å². The maximum Gasteiger partial charge on any atom is 0.333 e. The molecule has 4 unspecified atom stereocenters. The van der Waals surface area contributed by atoms with E-state index in [4.69, 9.17) is 0 Å². The third-order valence-electron chi connectivity index (χ3n) is 12.9. The van der Waals surface area contributed by atoms with Crippen molar-refractivity contribution in [2.45, 2.75) is 64.5 Å². The van der Waals surface area contributed by atoms with Crippen molar-refractivity contribution in [3.63, 3.8) is 0 Å². The van der Waals surface area contributed by atoms with Crippen molar-refractivity contribution in [2.75, 3.05) is 37.7 Å². The molecule has 62 heavy (non-hydrogen) atoms. The van der Waals surface area contributed by atoms with Crippen LogP contribution in [0.4, 0.5) is 4.79 Å². The van der Waals surface area contributed by atoms with Crippen molar-refractivity contribution in [3.05, 3.63) is 153 Å². The number of barbiturate groups is 1. The van der Waals surface area contributed by atoms with E-state index in [0.29, 0.717) is 57.2 Å². The van der Waals surface area contributed by atoms with Crippen LogP contribution >= 0.6 is 0 Å². The lowest BCUT2D eigenvalue weighted by Gasteiger charge is -2.33. The quantitative estimate of drug-likeness (QED) is 0.0850. The molecule has 8 aliphatic rings. The lowest BCUT2D eigenvalue weighted by atomic mass is 9.81. The highest BCUT2D eigenvalue weighted by Crippen LogP contribution is 2.49. The molecule has 2 N–H and O–H groups in total. The molecule has 5 aliphatic carbocycles. The molecular weight excluding hydrogens is 829 g/mol. The Kier molecular flexibility index (Phi) is 12.2. The largest absolute Gasteiger partial charge is 0.364 e. The first-order valence-electron chi connectivity index (χ1n) is 21.4. The number of urea groups is 1. The fourth-order valence-electron chi connectivity index (χ4n) is 10.1. The number of hydrogen-bond acceptors (Lipinski definition) is 9. The SMILES string of the molecule is CCN1C(=O)C(=C2/C(=C\C=C3/C4=CC=CC5=CC=CC(C54)N3CCCCS(=O)(=O)O)CC/C2=C\C=C2/C3=CC=CC4=CC=CC(C43)N2CCCCS(=O)(=O)O)C(=O)N(CC)C1=O. The van der Waals surface area contributed by atoms with Gasteiger partial charge in [0.1, 0.15) is 5.57 Å². The summed E-state index contributed by atoms with van der Waals surface area (Å²) in [6.45, 7) is 4.67. The smallest absolute Gasteiger partial charge is 0.333 e. The zero-order valence-electron chi connectivity index (χ0n) is 34.9. The van der Waals surface area contributed by atoms with Gasteiger partial charge in [0.25, 0.3) is 32.1 Å². The molecule has 326 valence electrons. The van der Waals surface area contributed by atoms with Gasteiger partial charge in [0.2, 0.25) is 0 Å². The Bertz CT molecular complexity index is 2440. The fourth-order valence-corrected chi connectivity index (χ4v) is 11.3. The van der Waals surface area contributed by atoms with Crippen molar-refractivity contribution < 1.29 is 40.3 Å². The van der Waals surface area contributed by atoms with Crippen molar-refractivity contribution in [2.24, 2.45) is 11.8 Å². The Balaban J connectivity index is 1.22. The van der Waals surface area contributed by atoms with Crippen molar-refractivity contribution in [1.29, 1.82) is 0 Å². The Hall–Kier alpha value is -5.35. The molecule has 0 spiro atoms. The number of likely N-dealkylation sites (N-methyl/N-ethyl adjacent to an activating group) is 2. The molecule has 0 bridgehead atoms. The Morgan fingerprint density at radius 1 is 0.597 bits per heavy atom. The van der Waals surface area contributed by atoms with Crippen LogP contribution in [0.3, 0.4) is 0 Å². The minimum atomic E-state index is -4.10. The summed E-state index contributed by atoms with van der Waals surface area (Å²) in [6, 6.07) is -0.657. The van der Waals surface area contributed by atoms with Crippen molar-refractivity contribution >= 4 is 38.1 Å². The molecule has 15 heteroatoms. The van der Waals surface area contributed by atoms with Crippen LogP contribution in [-0.2, 0) is 29.8 Å². The zero-order valence-corrected chi connectivity index (χ0v) is 36.5. The van der Waals surface area contributed by atoms with E-state index >= 15 is 0 Å². The van der Waals surface area contributed by atoms with Crippen LogP contribution in [0.5, 0.6) is 0 Å². The standard InChI is InChI=1S/C47H52N4O9S2/c1-3-48-45(52)44(46(53)49(4-2)47(48)54)41-33(23-25-37-35-17-9-13-31-15-11-19-39(42(31)35)50(37)27-5-7-29-61(55,56)57)21-22-34(41)24-26-38-36-18-10-14-32-16-12-20-40(43(32)36)51(38)28-6-8-30-62(58,59)60/h9-20,23-26,39-40,42-43H,3-8,21-22,27-30H2,1-2H3,(H,55,56,57)(H,58,59,60)/b33-23-,34-24+,37-25+,38-26+. The second kappa shape index (κ2) is 17.4. The summed E-state index contributed by atoms with van der Waals surface area (Å²) in [5, 5.41) is 0. The maximum absolute atomic E-state index is 14.3. The summed E-state index contributed by atoms with van der Waals surface area (Å²) in [4.78, 5) is 48.8. The van der Waals surface area contributed by atoms with Gasteiger partial charge in [-0.15, -0.1) is 0 Å². The Morgan fingerprint density at radius 2 is 1.03 bits per heavy atom. The molecule has 0 aromatic heterocycles. The van der Waals surface area contributed by atoms with Gasteiger partial charge in [0.15, 0.2) is 0 Å². The van der Waals surface area contributed by atoms with Gasteiger partial charge in [-0.05, 0) is 104 Å². The second-order valence-corrected chi connectivity index (χ2v) is 19.6. The van der Waals surface area contributed by atoms with E-state index in [1.807, 2.05) is 48.6 Å². The number of likely N-dealkylation sites (tertiary alicyclic amines) is 2. The topological polar surface area (TPSA) is 173 Å². The summed E-state index contributed by atoms with van der Waals surface area (Å²) in [5.74, 6) is -1.78. The third kappa shape index (κ3) is 8.30. The molecule has 1 saturated carbocycles. The first-order valence-corrected chi connectivity index (χ1v) is 24.6. The van der Waals surface area contributed by atoms with Crippen LogP contribution in [0.2, 0.25) is 0 Å². The van der Waals surface area contributed by atoms with Gasteiger partial charge >= 0.3 is 6.03 Å². The van der Waals surface area contributed by atoms with E-state index in [9.17, 15) is 40.3 Å². The molecule has 4 amide bonds. The normalized spacial score (nSPS) is 28.0. The highest BCUT2D eigenvalue weighted by atomic mass is 32.2. The van der Waals surface area contributed by atoms with Gasteiger partial charge in [0, 0.05) is 49.4 Å². The molecule has 4 atom stereocenters. The molecule has 4 fully saturated rings. The summed E-state index contributed by atoms with van der Waals surface area (Å²) in [5.41, 5.74) is 8.43. The predicted octanol–water partition coefficient (Wildman–Crippen LogP) is 6.45. The van der Waals surface area contributed by atoms with Crippen LogP contribution in [0.25, 0.3) is 0 Å². The van der Waals surface area contributed by atoms with E-state index in [0.717, 1.165) is 43.5 Å². The Morgan fingerprint density at radius 3 is 1.44 bits per heavy atom. The van der Waals surface area contributed by atoms with Crippen molar-refractivity contribution in [3.8, 4) is 0 Å². The van der Waals surface area contributed by atoms with Gasteiger partial charge in [-0.1, -0.05) is 85.1 Å². The number of hydrogen-bond donors (Lipinski definition) is 2. The van der Waals surface area contributed by atoms with Crippen LogP contribution < -0.4 is 0 Å². The molecule has 13 nitrogen and oxygen atoms in total. The van der Waals surface area contributed by atoms with Crippen LogP contribution in [-0.4, -0.2) is 113 Å². The highest BCUT2D eigenvalue weighted by molar-refractivity contribution is 7.86. The molecule has 3 heterocycles. The van der Waals surface area contributed by atoms with E-state index in [1.165, 1.54) is 11.1 Å². The summed E-state index contributed by atoms with van der Waals surface area (Å²) in [7, 11) is -8.20. The average molecular weight is 881 g/mol. The van der Waals surface area contributed by atoms with Gasteiger partial charge in [0.05, 0.1) is 23.6 Å². The number of carbonyl (C=O) groups is 3. The third-order valence-corrected chi connectivity index (χ3v) is 14.5. The molecular formula is C47H52N4O9S2. The van der Waals surface area contributed by atoms with Gasteiger partial charge in [-0.3, -0.25) is 28.5 Å². The minimum absolute atomic E-state index is 0.00552. The monoisotopic (exact) mass is 880 g/mol. The van der Waals surface area contributed by atoms with E-state index < -0.39 is 38.1 Å². The van der Waals surface area contributed by atoms with Crippen LogP contribution in [0.1, 0.15) is 52.4 Å². The van der Waals surface area contributed by atoms with Crippen molar-refractivity contribution in [1.82, 2.24) is 19.6 Å². The average Bonchev–Trinajstić information content (AvgIpc) is 3.87. The lowest BCUT2D eigenvalue weighted by Crippen LogP contribution is -2.56. The molecule has 8 rings (SSSR count). The first kappa shape index (κ1) is 43.3. The molecule has 0 radical (unpaired) electrons. The number of amides is 4. The Labute approximate surface area is 363 Å². The van der Waals surface area contributed by atoms with E-state index in [1.54, 1.807) is 13.8 Å². The highest BCUT2D eigenvalue weighted by Gasteiger charge is 2.46. The van der Waals surface area contributed by atoms with Crippen LogP contribution in [0.15, 0.2) is 153 Å². The number of carbonyl (C=O) groups excluding carboxylic acids is 3. The van der Waals surface area contributed by atoms with Gasteiger partial charge < -0.3 is 9.80 Å². The molecule has 0 aromatic rings. The maximum atomic E-state index is 14.3. The number of nitrogens with zero attached hydrogens (tertiary/aromatic N) is 4. The second-order valence-electron chi connectivity index (χ2n) is 16.5. The summed E-state index contributed by atoms with van der Waals surface area (Å²) >= 11 is 0.